The Bertz CT molecular complexity index is 1330. The van der Waals surface area contributed by atoms with Gasteiger partial charge >= 0.3 is 6.01 Å². The molecule has 9 heteroatoms. The number of hydrogen-bond donors (Lipinski definition) is 1. The molecule has 3 saturated heterocycles. The molecule has 2 aromatic rings. The summed E-state index contributed by atoms with van der Waals surface area (Å²) in [7, 11) is 0. The molecule has 212 valence electrons. The molecular weight excluding hydrogens is 507 g/mol. The van der Waals surface area contributed by atoms with Crippen molar-refractivity contribution >= 4 is 11.5 Å². The first-order valence-corrected chi connectivity index (χ1v) is 15.0. The van der Waals surface area contributed by atoms with Gasteiger partial charge in [-0.25, -0.2) is 4.39 Å². The van der Waals surface area contributed by atoms with Crippen molar-refractivity contribution in [2.45, 2.75) is 88.1 Å². The molecule has 4 unspecified atom stereocenters. The van der Waals surface area contributed by atoms with Crippen molar-refractivity contribution < 1.29 is 13.9 Å². The highest BCUT2D eigenvalue weighted by Crippen LogP contribution is 2.47. The summed E-state index contributed by atoms with van der Waals surface area (Å²) in [6, 6.07) is 8.93. The van der Waals surface area contributed by atoms with Crippen LogP contribution in [0.15, 0.2) is 18.2 Å². The lowest BCUT2D eigenvalue weighted by Gasteiger charge is -2.43. The molecule has 5 heterocycles. The van der Waals surface area contributed by atoms with Gasteiger partial charge in [0, 0.05) is 50.1 Å². The normalized spacial score (nSPS) is 31.4. The summed E-state index contributed by atoms with van der Waals surface area (Å²) in [5.41, 5.74) is 10.7. The van der Waals surface area contributed by atoms with E-state index in [1.165, 1.54) is 11.1 Å². The third-order valence-corrected chi connectivity index (χ3v) is 10.1. The summed E-state index contributed by atoms with van der Waals surface area (Å²) in [5, 5.41) is 9.34. The van der Waals surface area contributed by atoms with Gasteiger partial charge in [-0.1, -0.05) is 6.07 Å². The van der Waals surface area contributed by atoms with E-state index in [-0.39, 0.29) is 5.54 Å². The second kappa shape index (κ2) is 10.1. The molecule has 0 amide bonds. The lowest BCUT2D eigenvalue weighted by molar-refractivity contribution is -0.0855. The van der Waals surface area contributed by atoms with Gasteiger partial charge in [0.15, 0.2) is 0 Å². The number of alkyl halides is 1. The monoisotopic (exact) mass is 546 g/mol. The van der Waals surface area contributed by atoms with Crippen LogP contribution in [0.1, 0.15) is 73.8 Å². The van der Waals surface area contributed by atoms with Crippen molar-refractivity contribution in [1.82, 2.24) is 14.9 Å². The van der Waals surface area contributed by atoms with Crippen molar-refractivity contribution in [2.24, 2.45) is 5.92 Å². The Morgan fingerprint density at radius 3 is 3.00 bits per heavy atom. The Hall–Kier alpha value is -2.96. The zero-order chi connectivity index (χ0) is 27.3. The minimum absolute atomic E-state index is 0.258. The molecule has 5 aliphatic rings. The number of halogens is 1. The van der Waals surface area contributed by atoms with Crippen molar-refractivity contribution in [2.75, 3.05) is 43.4 Å². The van der Waals surface area contributed by atoms with Crippen molar-refractivity contribution in [3.8, 4) is 12.1 Å². The summed E-state index contributed by atoms with van der Waals surface area (Å²) in [6.07, 6.45) is 8.01. The van der Waals surface area contributed by atoms with E-state index < -0.39 is 11.8 Å². The first-order valence-electron chi connectivity index (χ1n) is 15.0. The Morgan fingerprint density at radius 2 is 2.10 bits per heavy atom. The van der Waals surface area contributed by atoms with Gasteiger partial charge in [-0.2, -0.15) is 15.2 Å². The lowest BCUT2D eigenvalue weighted by Crippen LogP contribution is -2.44. The van der Waals surface area contributed by atoms with Gasteiger partial charge < -0.3 is 20.1 Å². The predicted octanol–water partition coefficient (Wildman–Crippen LogP) is 4.45. The number of rotatable bonds is 5. The summed E-state index contributed by atoms with van der Waals surface area (Å²) < 4.78 is 27.6. The van der Waals surface area contributed by atoms with E-state index in [0.717, 1.165) is 87.3 Å². The van der Waals surface area contributed by atoms with Crippen LogP contribution in [0.2, 0.25) is 0 Å². The first kappa shape index (κ1) is 26.0. The minimum atomic E-state index is -0.801. The largest absolute Gasteiger partial charge is 0.461 e. The molecule has 4 atom stereocenters. The number of nitrogen functional groups attached to an aromatic ring is 1. The van der Waals surface area contributed by atoms with Gasteiger partial charge in [0.25, 0.3) is 0 Å². The minimum Gasteiger partial charge on any atom is -0.461 e. The topological polar surface area (TPSA) is 101 Å². The number of hydrogen-bond acceptors (Lipinski definition) is 8. The number of nitrogens with zero attached hydrogens (tertiary/aromatic N) is 5. The van der Waals surface area contributed by atoms with E-state index in [2.05, 4.69) is 28.0 Å². The smallest absolute Gasteiger partial charge is 0.318 e. The van der Waals surface area contributed by atoms with Crippen LogP contribution in [0.3, 0.4) is 0 Å². The van der Waals surface area contributed by atoms with Gasteiger partial charge in [0.05, 0.1) is 29.5 Å². The van der Waals surface area contributed by atoms with Gasteiger partial charge in [-0.3, -0.25) is 4.90 Å². The standard InChI is InChI=1S/C31H39FN6O2/c32-23-15-30(9-3-13-38(30)18-23)20-39-29-35-27-16-31(10-1-5-22-6-7-24(34)14-26(22)31)40-19-25(27)28(36-29)37-12-2-4-21(17-37)8-11-33/h6-7,14,21,23H,1-5,8-10,12-13,15-20,34H2. The number of nitrogens with two attached hydrogens (primary N) is 1. The zero-order valence-electron chi connectivity index (χ0n) is 23.2. The summed E-state index contributed by atoms with van der Waals surface area (Å²) in [4.78, 5) is 14.6. The first-order chi connectivity index (χ1) is 19.5. The maximum absolute atomic E-state index is 14.4. The molecule has 0 radical (unpaired) electrons. The third-order valence-electron chi connectivity index (χ3n) is 10.1. The highest BCUT2D eigenvalue weighted by Gasteiger charge is 2.50. The van der Waals surface area contributed by atoms with E-state index >= 15 is 0 Å². The fourth-order valence-corrected chi connectivity index (χ4v) is 8.12. The second-order valence-electron chi connectivity index (χ2n) is 12.7. The second-order valence-corrected chi connectivity index (χ2v) is 12.7. The number of anilines is 2. The number of fused-ring (bicyclic) bond motifs is 4. The van der Waals surface area contributed by atoms with E-state index in [0.29, 0.717) is 50.9 Å². The molecule has 1 aromatic heterocycles. The van der Waals surface area contributed by atoms with E-state index in [1.807, 2.05) is 6.07 Å². The number of benzene rings is 1. The molecule has 1 spiro atoms. The Labute approximate surface area is 235 Å². The zero-order valence-corrected chi connectivity index (χ0v) is 23.2. The highest BCUT2D eigenvalue weighted by molar-refractivity contribution is 5.54. The van der Waals surface area contributed by atoms with Crippen molar-refractivity contribution in [3.05, 3.63) is 40.6 Å². The van der Waals surface area contributed by atoms with E-state index in [4.69, 9.17) is 25.2 Å². The van der Waals surface area contributed by atoms with Crippen LogP contribution in [0.4, 0.5) is 15.9 Å². The maximum Gasteiger partial charge on any atom is 0.318 e. The quantitative estimate of drug-likeness (QED) is 0.549. The molecular formula is C31H39FN6O2. The van der Waals surface area contributed by atoms with Crippen LogP contribution in [0.25, 0.3) is 0 Å². The molecule has 3 fully saturated rings. The fraction of sp³-hybridized carbons (Fsp3) is 0.645. The lowest BCUT2D eigenvalue weighted by atomic mass is 9.74. The third kappa shape index (κ3) is 4.50. The maximum atomic E-state index is 14.4. The molecule has 4 aliphatic heterocycles. The summed E-state index contributed by atoms with van der Waals surface area (Å²) in [5.74, 6) is 1.19. The van der Waals surface area contributed by atoms with Crippen LogP contribution in [-0.4, -0.2) is 59.4 Å². The number of nitriles is 1. The molecule has 1 aromatic carbocycles. The Kier molecular flexibility index (Phi) is 6.59. The van der Waals surface area contributed by atoms with E-state index in [1.54, 1.807) is 0 Å². The number of aryl methyl sites for hydroxylation is 1. The van der Waals surface area contributed by atoms with Gasteiger partial charge in [0.2, 0.25) is 0 Å². The number of aromatic nitrogens is 2. The molecule has 0 saturated carbocycles. The van der Waals surface area contributed by atoms with Crippen LogP contribution in [0.5, 0.6) is 6.01 Å². The average Bonchev–Trinajstić information content (AvgIpc) is 3.48. The van der Waals surface area contributed by atoms with Crippen molar-refractivity contribution in [1.29, 1.82) is 5.26 Å². The van der Waals surface area contributed by atoms with Gasteiger partial charge in [-0.15, -0.1) is 0 Å². The van der Waals surface area contributed by atoms with Crippen LogP contribution >= 0.6 is 0 Å². The van der Waals surface area contributed by atoms with Crippen LogP contribution in [-0.2, 0) is 29.8 Å². The fourth-order valence-electron chi connectivity index (χ4n) is 8.12. The van der Waals surface area contributed by atoms with Gasteiger partial charge in [-0.05, 0) is 80.7 Å². The van der Waals surface area contributed by atoms with Crippen LogP contribution in [0, 0.1) is 17.2 Å². The number of piperidine rings is 1. The Morgan fingerprint density at radius 1 is 1.18 bits per heavy atom. The van der Waals surface area contributed by atoms with Gasteiger partial charge in [0.1, 0.15) is 18.6 Å². The Balaban J connectivity index is 1.24. The molecule has 0 bridgehead atoms. The molecule has 8 nitrogen and oxygen atoms in total. The van der Waals surface area contributed by atoms with Crippen molar-refractivity contribution in [3.63, 3.8) is 0 Å². The molecule has 7 rings (SSSR count). The van der Waals surface area contributed by atoms with Crippen LogP contribution < -0.4 is 15.4 Å². The molecule has 40 heavy (non-hydrogen) atoms. The summed E-state index contributed by atoms with van der Waals surface area (Å²) >= 11 is 0. The summed E-state index contributed by atoms with van der Waals surface area (Å²) in [6.45, 7) is 3.94. The predicted molar refractivity (Wildman–Crippen MR) is 150 cm³/mol. The number of ether oxygens (including phenoxy) is 2. The highest BCUT2D eigenvalue weighted by atomic mass is 19.1. The SMILES string of the molecule is N#CCC1CCCN(c2nc(OCC34CCCN3CC(F)C4)nc3c2COC2(CCCc4ccc(N)cc42)C3)C1. The molecule has 1 aliphatic carbocycles. The molecule has 2 N–H and O–H groups in total. The average molecular weight is 547 g/mol. The van der Waals surface area contributed by atoms with E-state index in [9.17, 15) is 9.65 Å².